The van der Waals surface area contributed by atoms with E-state index in [2.05, 4.69) is 102 Å². The number of benzene rings is 3. The minimum atomic E-state index is 0. The van der Waals surface area contributed by atoms with Gasteiger partial charge in [-0.05, 0) is 104 Å². The molecule has 0 fully saturated rings. The Morgan fingerprint density at radius 2 is 0.807 bits per heavy atom. The van der Waals surface area contributed by atoms with Crippen LogP contribution in [0.4, 0.5) is 5.69 Å². The van der Waals surface area contributed by atoms with Crippen LogP contribution in [0.15, 0.2) is 48.5 Å². The summed E-state index contributed by atoms with van der Waals surface area (Å²) in [4.78, 5) is 2.81. The fraction of sp³-hybridized carbons (Fsp3) is 0.679. The molecule has 1 aliphatic rings. The predicted octanol–water partition coefficient (Wildman–Crippen LogP) is 18.8. The molecule has 0 saturated heterocycles. The first-order valence-electron chi connectivity index (χ1n) is 24.0. The van der Waals surface area contributed by atoms with E-state index in [1.165, 1.54) is 225 Å². The summed E-state index contributed by atoms with van der Waals surface area (Å²) in [7, 11) is 0. The van der Waals surface area contributed by atoms with Crippen molar-refractivity contribution in [3.63, 3.8) is 0 Å². The lowest BCUT2D eigenvalue weighted by Gasteiger charge is -2.34. The van der Waals surface area contributed by atoms with E-state index in [1.807, 2.05) is 0 Å². The van der Waals surface area contributed by atoms with E-state index in [9.17, 15) is 0 Å². The smallest absolute Gasteiger partial charge is 0.0448 e. The molecule has 1 aliphatic carbocycles. The van der Waals surface area contributed by atoms with Crippen molar-refractivity contribution in [3.05, 3.63) is 76.3 Å². The summed E-state index contributed by atoms with van der Waals surface area (Å²) in [6.45, 7) is 18.7. The fourth-order valence-corrected chi connectivity index (χ4v) is 9.67. The maximum atomic E-state index is 2.81. The van der Waals surface area contributed by atoms with Gasteiger partial charge in [-0.15, -0.1) is 0 Å². The van der Waals surface area contributed by atoms with Gasteiger partial charge in [0.2, 0.25) is 0 Å². The highest BCUT2D eigenvalue weighted by atomic mass is 15.1. The predicted molar refractivity (Wildman–Crippen MR) is 261 cm³/mol. The van der Waals surface area contributed by atoms with Gasteiger partial charge in [0.25, 0.3) is 0 Å². The minimum Gasteiger partial charge on any atom is -0.371 e. The molecule has 0 atom stereocenters. The summed E-state index contributed by atoms with van der Waals surface area (Å²) in [5.74, 6) is 0. The third-order valence-corrected chi connectivity index (χ3v) is 13.3. The van der Waals surface area contributed by atoms with Crippen molar-refractivity contribution in [2.75, 3.05) is 18.0 Å². The van der Waals surface area contributed by atoms with Crippen molar-refractivity contribution in [3.8, 4) is 22.3 Å². The largest absolute Gasteiger partial charge is 0.371 e. The number of rotatable bonds is 30. The molecule has 0 unspecified atom stereocenters. The number of nitrogens with zero attached hydrogens (tertiary/aromatic N) is 1. The van der Waals surface area contributed by atoms with Gasteiger partial charge in [0.1, 0.15) is 0 Å². The topological polar surface area (TPSA) is 3.24 Å². The number of unbranched alkanes of at least 4 members (excludes halogenated alkanes) is 20. The molecule has 0 N–H and O–H groups in total. The Morgan fingerprint density at radius 3 is 1.30 bits per heavy atom. The van der Waals surface area contributed by atoms with Gasteiger partial charge in [-0.2, -0.15) is 0 Å². The lowest BCUT2D eigenvalue weighted by atomic mass is 9.70. The van der Waals surface area contributed by atoms with Gasteiger partial charge in [0.15, 0.2) is 0 Å². The maximum Gasteiger partial charge on any atom is 0.0448 e. The van der Waals surface area contributed by atoms with E-state index < -0.39 is 0 Å². The molecule has 0 amide bonds. The average Bonchev–Trinajstić information content (AvgIpc) is 3.45. The van der Waals surface area contributed by atoms with Crippen molar-refractivity contribution in [2.24, 2.45) is 0 Å². The van der Waals surface area contributed by atoms with Crippen LogP contribution >= 0.6 is 0 Å². The minimum absolute atomic E-state index is 0. The monoisotopic (exact) mass is 780 g/mol. The first-order chi connectivity index (χ1) is 26.9. The molecule has 57 heavy (non-hydrogen) atoms. The molecule has 0 radical (unpaired) electrons. The van der Waals surface area contributed by atoms with Crippen LogP contribution in [0.3, 0.4) is 0 Å². The first kappa shape index (κ1) is 50.6. The molecule has 3 aromatic rings. The van der Waals surface area contributed by atoms with E-state index in [4.69, 9.17) is 0 Å². The molecule has 0 aromatic heterocycles. The number of hydrogen-bond acceptors (Lipinski definition) is 1. The Kier molecular flexibility index (Phi) is 24.9. The molecule has 0 aliphatic heterocycles. The quantitative estimate of drug-likeness (QED) is 0.0609. The summed E-state index contributed by atoms with van der Waals surface area (Å²) < 4.78 is 0. The summed E-state index contributed by atoms with van der Waals surface area (Å²) in [6, 6.07) is 20.3. The van der Waals surface area contributed by atoms with Crippen LogP contribution in [0.5, 0.6) is 0 Å². The molecule has 4 rings (SSSR count). The molecule has 1 nitrogen and oxygen atoms in total. The van der Waals surface area contributed by atoms with Gasteiger partial charge in [0.05, 0.1) is 0 Å². The third kappa shape index (κ3) is 14.9. The Balaban J connectivity index is 0.00000561. The van der Waals surface area contributed by atoms with Crippen LogP contribution in [0.2, 0.25) is 0 Å². The maximum absolute atomic E-state index is 2.81. The number of anilines is 1. The second-order valence-electron chi connectivity index (χ2n) is 17.9. The zero-order chi connectivity index (χ0) is 39.3. The zero-order valence-electron chi connectivity index (χ0n) is 37.4. The lowest BCUT2D eigenvalue weighted by molar-refractivity contribution is 0.398. The van der Waals surface area contributed by atoms with E-state index >= 15 is 0 Å². The molecule has 0 saturated carbocycles. The average molecular weight is 780 g/mol. The zero-order valence-corrected chi connectivity index (χ0v) is 37.4. The van der Waals surface area contributed by atoms with Crippen molar-refractivity contribution in [1.29, 1.82) is 0 Å². The standard InChI is InChI=1S/C54H85N.2CH4/c1-8-12-16-20-24-28-36-54(37-29-25-21-17-13-9-2)51-40-44(5)32-34-48(51)49-35-33-47(43-52(49)54)50-41-45(6)46(7)42-53(50)55(38-30-26-22-18-14-10-3)39-31-27-23-19-15-11-4;;/h32-35,40-43H,8-31,36-39H2,1-7H3;2*1H4. The fourth-order valence-electron chi connectivity index (χ4n) is 9.67. The van der Waals surface area contributed by atoms with E-state index in [1.54, 1.807) is 11.1 Å². The Labute approximate surface area is 356 Å². The van der Waals surface area contributed by atoms with Crippen LogP contribution in [0, 0.1) is 20.8 Å². The highest BCUT2D eigenvalue weighted by Crippen LogP contribution is 2.55. The summed E-state index contributed by atoms with van der Waals surface area (Å²) in [5, 5.41) is 0. The third-order valence-electron chi connectivity index (χ3n) is 13.3. The van der Waals surface area contributed by atoms with Gasteiger partial charge in [-0.3, -0.25) is 0 Å². The molecule has 3 aromatic carbocycles. The summed E-state index contributed by atoms with van der Waals surface area (Å²) in [6.07, 6.45) is 35.1. The molecule has 0 spiro atoms. The van der Waals surface area contributed by atoms with Crippen LogP contribution < -0.4 is 4.90 Å². The number of hydrogen-bond donors (Lipinski definition) is 0. The molecular weight excluding hydrogens is 687 g/mol. The van der Waals surface area contributed by atoms with Gasteiger partial charge in [-0.1, -0.05) is 220 Å². The van der Waals surface area contributed by atoms with Crippen molar-refractivity contribution >= 4 is 5.69 Å². The van der Waals surface area contributed by atoms with Gasteiger partial charge in [0, 0.05) is 29.8 Å². The lowest BCUT2D eigenvalue weighted by Crippen LogP contribution is -2.27. The SMILES string of the molecule is C.C.CCCCCCCCN(CCCCCCCC)c1cc(C)c(C)cc1-c1ccc2c(c1)C(CCCCCCCC)(CCCCCCCC)c1cc(C)ccc1-2. The van der Waals surface area contributed by atoms with Crippen LogP contribution in [-0.4, -0.2) is 13.1 Å². The molecule has 322 valence electrons. The Morgan fingerprint density at radius 1 is 0.404 bits per heavy atom. The Hall–Kier alpha value is -2.54. The van der Waals surface area contributed by atoms with E-state index in [-0.39, 0.29) is 20.3 Å². The van der Waals surface area contributed by atoms with E-state index in [0.29, 0.717) is 0 Å². The van der Waals surface area contributed by atoms with Crippen molar-refractivity contribution < 1.29 is 0 Å². The number of aryl methyl sites for hydroxylation is 3. The summed E-state index contributed by atoms with van der Waals surface area (Å²) >= 11 is 0. The molecule has 1 heteroatoms. The van der Waals surface area contributed by atoms with E-state index in [0.717, 1.165) is 0 Å². The summed E-state index contributed by atoms with van der Waals surface area (Å²) in [5.41, 5.74) is 15.0. The molecular formula is C56H93N. The number of fused-ring (bicyclic) bond motifs is 3. The molecule has 0 heterocycles. The van der Waals surface area contributed by atoms with Gasteiger partial charge in [-0.25, -0.2) is 0 Å². The normalized spacial score (nSPS) is 12.5. The first-order valence-corrected chi connectivity index (χ1v) is 24.0. The Bertz CT molecular complexity index is 1480. The van der Waals surface area contributed by atoms with Crippen molar-refractivity contribution in [2.45, 2.75) is 236 Å². The highest BCUT2D eigenvalue weighted by Gasteiger charge is 2.42. The highest BCUT2D eigenvalue weighted by molar-refractivity contribution is 5.87. The second-order valence-corrected chi connectivity index (χ2v) is 17.9. The van der Waals surface area contributed by atoms with Crippen LogP contribution in [0.25, 0.3) is 22.3 Å². The van der Waals surface area contributed by atoms with Gasteiger partial charge < -0.3 is 4.90 Å². The van der Waals surface area contributed by atoms with Crippen molar-refractivity contribution in [1.82, 2.24) is 0 Å². The molecule has 0 bridgehead atoms. The second kappa shape index (κ2) is 28.0. The van der Waals surface area contributed by atoms with Crippen LogP contribution in [0.1, 0.15) is 237 Å². The van der Waals surface area contributed by atoms with Gasteiger partial charge >= 0.3 is 0 Å². The van der Waals surface area contributed by atoms with Crippen LogP contribution in [-0.2, 0) is 5.41 Å².